The fraction of sp³-hybridized carbons (Fsp3) is 0. The number of hydrogen-bond acceptors (Lipinski definition) is 5. The van der Waals surface area contributed by atoms with Crippen LogP contribution in [0.15, 0.2) is 41.6 Å². The Labute approximate surface area is 120 Å². The molecule has 0 spiro atoms. The van der Waals surface area contributed by atoms with E-state index in [1.807, 2.05) is 6.07 Å². The summed E-state index contributed by atoms with van der Waals surface area (Å²) in [7, 11) is -3.83. The molecule has 8 heteroatoms. The molecule has 1 heterocycles. The first-order valence-electron chi connectivity index (χ1n) is 5.36. The smallest absolute Gasteiger partial charge is 0.262 e. The van der Waals surface area contributed by atoms with Crippen molar-refractivity contribution in [3.63, 3.8) is 0 Å². The highest BCUT2D eigenvalue weighted by Gasteiger charge is 2.17. The molecule has 2 rings (SSSR count). The van der Waals surface area contributed by atoms with Gasteiger partial charge in [-0.15, -0.1) is 0 Å². The molecular weight excluding hydrogens is 300 g/mol. The Morgan fingerprint density at radius 1 is 1.35 bits per heavy atom. The molecule has 1 aromatic heterocycles. The third-order valence-corrected chi connectivity index (χ3v) is 4.14. The molecule has 0 unspecified atom stereocenters. The first-order chi connectivity index (χ1) is 9.44. The number of sulfonamides is 1. The third-order valence-electron chi connectivity index (χ3n) is 2.47. The zero-order valence-corrected chi connectivity index (χ0v) is 11.6. The van der Waals surface area contributed by atoms with Crippen molar-refractivity contribution in [3.05, 3.63) is 47.2 Å². The van der Waals surface area contributed by atoms with Crippen LogP contribution in [0.4, 0.5) is 11.4 Å². The second-order valence-electron chi connectivity index (χ2n) is 3.82. The van der Waals surface area contributed by atoms with E-state index in [0.717, 1.165) is 0 Å². The van der Waals surface area contributed by atoms with Crippen LogP contribution in [0.3, 0.4) is 0 Å². The molecule has 0 saturated carbocycles. The van der Waals surface area contributed by atoms with Gasteiger partial charge in [-0.05, 0) is 24.3 Å². The topological polar surface area (TPSA) is 109 Å². The van der Waals surface area contributed by atoms with Gasteiger partial charge in [0.1, 0.15) is 6.07 Å². The molecule has 3 N–H and O–H groups in total. The quantitative estimate of drug-likeness (QED) is 0.901. The number of anilines is 2. The Balaban J connectivity index is 2.39. The predicted octanol–water partition coefficient (Wildman–Crippen LogP) is 1.99. The molecule has 6 nitrogen and oxygen atoms in total. The van der Waals surface area contributed by atoms with E-state index in [-0.39, 0.29) is 26.9 Å². The van der Waals surface area contributed by atoms with Gasteiger partial charge >= 0.3 is 0 Å². The average Bonchev–Trinajstić information content (AvgIpc) is 2.41. The summed E-state index contributed by atoms with van der Waals surface area (Å²) in [6, 6.07) is 7.14. The highest BCUT2D eigenvalue weighted by atomic mass is 35.5. The fourth-order valence-electron chi connectivity index (χ4n) is 1.46. The molecule has 0 bridgehead atoms. The summed E-state index contributed by atoms with van der Waals surface area (Å²) >= 11 is 5.82. The molecule has 102 valence electrons. The molecule has 0 saturated heterocycles. The first-order valence-corrected chi connectivity index (χ1v) is 7.22. The van der Waals surface area contributed by atoms with Gasteiger partial charge in [0, 0.05) is 6.20 Å². The van der Waals surface area contributed by atoms with Gasteiger partial charge in [0.05, 0.1) is 33.1 Å². The highest BCUT2D eigenvalue weighted by molar-refractivity contribution is 7.92. The lowest BCUT2D eigenvalue weighted by molar-refractivity contribution is 0.601. The van der Waals surface area contributed by atoms with Gasteiger partial charge in [-0.1, -0.05) is 11.6 Å². The van der Waals surface area contributed by atoms with Crippen molar-refractivity contribution < 1.29 is 8.42 Å². The van der Waals surface area contributed by atoms with Crippen molar-refractivity contribution in [1.82, 2.24) is 4.98 Å². The number of nitrogens with zero attached hydrogens (tertiary/aromatic N) is 2. The number of nitrogens with two attached hydrogens (primary N) is 1. The van der Waals surface area contributed by atoms with Crippen molar-refractivity contribution in [2.24, 2.45) is 0 Å². The number of aromatic nitrogens is 1. The zero-order valence-electron chi connectivity index (χ0n) is 10.0. The minimum atomic E-state index is -3.83. The molecule has 1 aromatic carbocycles. The molecule has 0 atom stereocenters. The molecule has 0 radical (unpaired) electrons. The molecule has 0 aliphatic carbocycles. The summed E-state index contributed by atoms with van der Waals surface area (Å²) < 4.78 is 26.7. The predicted molar refractivity (Wildman–Crippen MR) is 75.6 cm³/mol. The van der Waals surface area contributed by atoms with E-state index in [1.165, 1.54) is 36.7 Å². The van der Waals surface area contributed by atoms with Crippen LogP contribution in [0, 0.1) is 11.3 Å². The van der Waals surface area contributed by atoms with E-state index in [9.17, 15) is 8.42 Å². The van der Waals surface area contributed by atoms with Gasteiger partial charge in [-0.3, -0.25) is 9.71 Å². The van der Waals surface area contributed by atoms with Gasteiger partial charge in [0.2, 0.25) is 0 Å². The van der Waals surface area contributed by atoms with Crippen LogP contribution in [-0.2, 0) is 10.0 Å². The monoisotopic (exact) mass is 308 g/mol. The highest BCUT2D eigenvalue weighted by Crippen LogP contribution is 2.24. The second-order valence-corrected chi connectivity index (χ2v) is 5.91. The van der Waals surface area contributed by atoms with Crippen molar-refractivity contribution in [1.29, 1.82) is 5.26 Å². The Bertz CT molecular complexity index is 799. The summed E-state index contributed by atoms with van der Waals surface area (Å²) in [5.41, 5.74) is 6.25. The maximum absolute atomic E-state index is 12.2. The fourth-order valence-corrected chi connectivity index (χ4v) is 2.86. The summed E-state index contributed by atoms with van der Waals surface area (Å²) in [5, 5.41) is 8.83. The van der Waals surface area contributed by atoms with Crippen LogP contribution in [0.2, 0.25) is 5.02 Å². The number of hydrogen-bond donors (Lipinski definition) is 2. The minimum Gasteiger partial charge on any atom is -0.396 e. The van der Waals surface area contributed by atoms with Crippen molar-refractivity contribution in [3.8, 4) is 6.07 Å². The molecule has 2 aromatic rings. The van der Waals surface area contributed by atoms with Gasteiger partial charge in [-0.2, -0.15) is 5.26 Å². The van der Waals surface area contributed by atoms with Crippen LogP contribution in [0.25, 0.3) is 0 Å². The number of nitriles is 1. The molecule has 20 heavy (non-hydrogen) atoms. The van der Waals surface area contributed by atoms with Crippen LogP contribution in [-0.4, -0.2) is 13.4 Å². The summed E-state index contributed by atoms with van der Waals surface area (Å²) in [6.45, 7) is 0. The Morgan fingerprint density at radius 3 is 2.70 bits per heavy atom. The Kier molecular flexibility index (Phi) is 3.79. The van der Waals surface area contributed by atoms with Crippen molar-refractivity contribution >= 4 is 33.0 Å². The van der Waals surface area contributed by atoms with Gasteiger partial charge in [0.25, 0.3) is 10.0 Å². The largest absolute Gasteiger partial charge is 0.396 e. The molecule has 0 amide bonds. The van der Waals surface area contributed by atoms with Crippen LogP contribution >= 0.6 is 11.6 Å². The maximum Gasteiger partial charge on any atom is 0.262 e. The number of nitrogens with one attached hydrogen (secondary N) is 1. The van der Waals surface area contributed by atoms with Crippen LogP contribution in [0.5, 0.6) is 0 Å². The minimum absolute atomic E-state index is 0.0577. The molecular formula is C12H9ClN4O2S. The van der Waals surface area contributed by atoms with Crippen LogP contribution < -0.4 is 10.5 Å². The van der Waals surface area contributed by atoms with E-state index in [0.29, 0.717) is 0 Å². The van der Waals surface area contributed by atoms with E-state index in [1.54, 1.807) is 0 Å². The standard InChI is InChI=1S/C12H9ClN4O2S/c13-10-5-9(2-1-8(10)6-14)20(18,19)17-12-3-4-16-7-11(12)15/h1-5,7H,15H2,(H,16,17). The lowest BCUT2D eigenvalue weighted by Gasteiger charge is -2.10. The number of nitrogen functional groups attached to an aromatic ring is 1. The normalized spacial score (nSPS) is 10.8. The van der Waals surface area contributed by atoms with Crippen molar-refractivity contribution in [2.75, 3.05) is 10.5 Å². The molecule has 0 fully saturated rings. The lowest BCUT2D eigenvalue weighted by Crippen LogP contribution is -2.14. The number of benzene rings is 1. The maximum atomic E-state index is 12.2. The Morgan fingerprint density at radius 2 is 2.10 bits per heavy atom. The summed E-state index contributed by atoms with van der Waals surface area (Å²) in [6.07, 6.45) is 2.75. The van der Waals surface area contributed by atoms with E-state index in [2.05, 4.69) is 9.71 Å². The summed E-state index contributed by atoms with van der Waals surface area (Å²) in [5.74, 6) is 0. The number of pyridine rings is 1. The van der Waals surface area contributed by atoms with Crippen molar-refractivity contribution in [2.45, 2.75) is 4.90 Å². The van der Waals surface area contributed by atoms with Gasteiger partial charge in [-0.25, -0.2) is 8.42 Å². The SMILES string of the molecule is N#Cc1ccc(S(=O)(=O)Nc2ccncc2N)cc1Cl. The molecule has 0 aliphatic heterocycles. The van der Waals surface area contributed by atoms with E-state index in [4.69, 9.17) is 22.6 Å². The van der Waals surface area contributed by atoms with E-state index >= 15 is 0 Å². The number of rotatable bonds is 3. The number of halogens is 1. The summed E-state index contributed by atoms with van der Waals surface area (Å²) in [4.78, 5) is 3.71. The zero-order chi connectivity index (χ0) is 14.8. The second kappa shape index (κ2) is 5.36. The van der Waals surface area contributed by atoms with Gasteiger partial charge in [0.15, 0.2) is 0 Å². The van der Waals surface area contributed by atoms with E-state index < -0.39 is 10.0 Å². The lowest BCUT2D eigenvalue weighted by atomic mass is 10.2. The average molecular weight is 309 g/mol. The molecule has 0 aliphatic rings. The first kappa shape index (κ1) is 14.1. The Hall–Kier alpha value is -2.30. The van der Waals surface area contributed by atoms with Gasteiger partial charge < -0.3 is 5.73 Å². The van der Waals surface area contributed by atoms with Crippen LogP contribution in [0.1, 0.15) is 5.56 Å². The third kappa shape index (κ3) is 2.82.